The summed E-state index contributed by atoms with van der Waals surface area (Å²) in [5, 5.41) is 0. The topological polar surface area (TPSA) is 49.3 Å². The molecule has 3 rings (SSSR count). The fraction of sp³-hybridized carbons (Fsp3) is 0.450. The maximum Gasteiger partial charge on any atom is 0.230 e. The number of carbonyl (C=O) groups excluding carboxylic acids is 1. The van der Waals surface area contributed by atoms with Crippen molar-refractivity contribution in [3.05, 3.63) is 53.0 Å². The Morgan fingerprint density at radius 2 is 1.96 bits per heavy atom. The molecule has 1 aromatic heterocycles. The largest absolute Gasteiger partial charge is 0.362 e. The van der Waals surface area contributed by atoms with E-state index >= 15 is 0 Å². The van der Waals surface area contributed by atoms with Crippen LogP contribution in [0.2, 0.25) is 0 Å². The second-order valence-electron chi connectivity index (χ2n) is 6.80. The number of aromatic nitrogens is 2. The van der Waals surface area contributed by atoms with Crippen molar-refractivity contribution in [3.63, 3.8) is 0 Å². The summed E-state index contributed by atoms with van der Waals surface area (Å²) in [7, 11) is 3.98. The molecule has 1 atom stereocenters. The van der Waals surface area contributed by atoms with Crippen molar-refractivity contribution in [1.29, 1.82) is 0 Å². The zero-order valence-corrected chi connectivity index (χ0v) is 15.5. The fourth-order valence-electron chi connectivity index (χ4n) is 3.53. The Balaban J connectivity index is 1.88. The molecule has 0 saturated carbocycles. The molecular weight excluding hydrogens is 312 g/mol. The second-order valence-corrected chi connectivity index (χ2v) is 6.80. The number of rotatable bonds is 4. The maximum absolute atomic E-state index is 13.2. The van der Waals surface area contributed by atoms with Crippen molar-refractivity contribution in [2.75, 3.05) is 25.5 Å². The maximum atomic E-state index is 13.2. The van der Waals surface area contributed by atoms with Gasteiger partial charge >= 0.3 is 0 Å². The number of hydrogen-bond donors (Lipinski definition) is 0. The van der Waals surface area contributed by atoms with Gasteiger partial charge in [0.1, 0.15) is 11.6 Å². The van der Waals surface area contributed by atoms with Crippen molar-refractivity contribution >= 4 is 11.7 Å². The average Bonchev–Trinajstić information content (AvgIpc) is 2.62. The van der Waals surface area contributed by atoms with Gasteiger partial charge in [-0.3, -0.25) is 4.79 Å². The summed E-state index contributed by atoms with van der Waals surface area (Å²) in [6.45, 7) is 5.31. The lowest BCUT2D eigenvalue weighted by Crippen LogP contribution is -2.40. The highest BCUT2D eigenvalue weighted by atomic mass is 16.2. The number of nitrogens with zero attached hydrogens (tertiary/aromatic N) is 4. The van der Waals surface area contributed by atoms with Crippen molar-refractivity contribution in [3.8, 4) is 0 Å². The minimum absolute atomic E-state index is 0.0862. The molecule has 5 heteroatoms. The molecule has 132 valence electrons. The van der Waals surface area contributed by atoms with Crippen LogP contribution in [0.15, 0.2) is 30.3 Å². The lowest BCUT2D eigenvalue weighted by molar-refractivity contribution is -0.133. The van der Waals surface area contributed by atoms with Gasteiger partial charge in [-0.1, -0.05) is 37.3 Å². The Morgan fingerprint density at radius 1 is 1.24 bits per heavy atom. The minimum atomic E-state index is -0.0862. The lowest BCUT2D eigenvalue weighted by Gasteiger charge is -2.33. The van der Waals surface area contributed by atoms with E-state index in [1.165, 1.54) is 0 Å². The van der Waals surface area contributed by atoms with Crippen LogP contribution in [0.5, 0.6) is 0 Å². The molecule has 0 spiro atoms. The molecule has 1 amide bonds. The van der Waals surface area contributed by atoms with Gasteiger partial charge in [0.05, 0.1) is 18.2 Å². The summed E-state index contributed by atoms with van der Waals surface area (Å²) in [6.07, 6.45) is 1.59. The summed E-state index contributed by atoms with van der Waals surface area (Å²) in [4.78, 5) is 26.3. The molecule has 0 fully saturated rings. The van der Waals surface area contributed by atoms with Gasteiger partial charge in [-0.2, -0.15) is 0 Å². The minimum Gasteiger partial charge on any atom is -0.362 e. The Hall–Kier alpha value is -2.43. The van der Waals surface area contributed by atoms with Gasteiger partial charge in [0, 0.05) is 32.6 Å². The monoisotopic (exact) mass is 338 g/mol. The highest BCUT2D eigenvalue weighted by Gasteiger charge is 2.30. The normalized spacial score (nSPS) is 14.8. The Labute approximate surface area is 149 Å². The van der Waals surface area contributed by atoms with Crippen molar-refractivity contribution in [2.45, 2.75) is 39.2 Å². The number of hydrogen-bond acceptors (Lipinski definition) is 4. The van der Waals surface area contributed by atoms with E-state index < -0.39 is 0 Å². The van der Waals surface area contributed by atoms with Crippen LogP contribution in [0, 0.1) is 6.92 Å². The summed E-state index contributed by atoms with van der Waals surface area (Å²) >= 11 is 0. The van der Waals surface area contributed by atoms with Crippen molar-refractivity contribution < 1.29 is 4.79 Å². The number of aryl methyl sites for hydroxylation is 1. The molecule has 1 aromatic carbocycles. The number of anilines is 1. The number of carbonyl (C=O) groups is 1. The van der Waals surface area contributed by atoms with E-state index in [0.717, 1.165) is 47.8 Å². The van der Waals surface area contributed by atoms with Gasteiger partial charge in [-0.15, -0.1) is 0 Å². The van der Waals surface area contributed by atoms with E-state index in [9.17, 15) is 4.79 Å². The van der Waals surface area contributed by atoms with Gasteiger partial charge in [0.25, 0.3) is 0 Å². The van der Waals surface area contributed by atoms with E-state index in [4.69, 9.17) is 0 Å². The molecule has 0 aliphatic carbocycles. The smallest absolute Gasteiger partial charge is 0.230 e. The number of amides is 1. The van der Waals surface area contributed by atoms with Gasteiger partial charge < -0.3 is 9.80 Å². The van der Waals surface area contributed by atoms with Crippen LogP contribution in [0.3, 0.4) is 0 Å². The summed E-state index contributed by atoms with van der Waals surface area (Å²) < 4.78 is 0. The molecule has 2 heterocycles. The molecule has 0 N–H and O–H groups in total. The molecule has 0 saturated heterocycles. The first-order valence-corrected chi connectivity index (χ1v) is 8.88. The Kier molecular flexibility index (Phi) is 5.02. The molecule has 1 aliphatic heterocycles. The molecular formula is C20H26N4O. The van der Waals surface area contributed by atoms with E-state index in [1.807, 2.05) is 61.2 Å². The van der Waals surface area contributed by atoms with Crippen LogP contribution in [-0.2, 0) is 17.8 Å². The Bertz CT molecular complexity index is 758. The van der Waals surface area contributed by atoms with Gasteiger partial charge in [0.2, 0.25) is 5.91 Å². The fourth-order valence-corrected chi connectivity index (χ4v) is 3.53. The van der Waals surface area contributed by atoms with E-state index in [2.05, 4.69) is 16.9 Å². The summed E-state index contributed by atoms with van der Waals surface area (Å²) in [6, 6.07) is 10.1. The van der Waals surface area contributed by atoms with E-state index in [0.29, 0.717) is 6.54 Å². The lowest BCUT2D eigenvalue weighted by atomic mass is 9.93. The average molecular weight is 338 g/mol. The van der Waals surface area contributed by atoms with Gasteiger partial charge in [-0.05, 0) is 18.9 Å². The van der Waals surface area contributed by atoms with Gasteiger partial charge in [-0.25, -0.2) is 9.97 Å². The van der Waals surface area contributed by atoms with Crippen LogP contribution in [0.1, 0.15) is 41.9 Å². The first-order chi connectivity index (χ1) is 12.0. The van der Waals surface area contributed by atoms with Crippen molar-refractivity contribution in [2.24, 2.45) is 0 Å². The Morgan fingerprint density at radius 3 is 2.60 bits per heavy atom. The molecule has 0 unspecified atom stereocenters. The molecule has 0 radical (unpaired) electrons. The van der Waals surface area contributed by atoms with E-state index in [-0.39, 0.29) is 11.8 Å². The molecule has 5 nitrogen and oxygen atoms in total. The van der Waals surface area contributed by atoms with Crippen LogP contribution in [0.4, 0.5) is 5.82 Å². The molecule has 25 heavy (non-hydrogen) atoms. The second kappa shape index (κ2) is 7.21. The molecule has 1 aliphatic rings. The number of benzene rings is 1. The van der Waals surface area contributed by atoms with E-state index in [1.54, 1.807) is 0 Å². The zero-order valence-electron chi connectivity index (χ0n) is 15.5. The van der Waals surface area contributed by atoms with Crippen LogP contribution in [-0.4, -0.2) is 41.4 Å². The third kappa shape index (κ3) is 3.50. The van der Waals surface area contributed by atoms with Crippen LogP contribution in [0.25, 0.3) is 0 Å². The SMILES string of the molecule is CC[C@@H](C(=O)N1CCc2nc(C)nc(N(C)C)c2C1)c1ccccc1. The number of fused-ring (bicyclic) bond motifs is 1. The zero-order chi connectivity index (χ0) is 18.0. The van der Waals surface area contributed by atoms with Crippen LogP contribution < -0.4 is 4.90 Å². The standard InChI is InChI=1S/C20H26N4O/c1-5-16(15-9-7-6-8-10-15)20(25)24-12-11-18-17(13-24)19(23(3)4)22-14(2)21-18/h6-10,16H,5,11-13H2,1-4H3/t16-/m1/s1. The highest BCUT2D eigenvalue weighted by Crippen LogP contribution is 2.29. The van der Waals surface area contributed by atoms with Gasteiger partial charge in [0.15, 0.2) is 0 Å². The summed E-state index contributed by atoms with van der Waals surface area (Å²) in [5.74, 6) is 1.83. The van der Waals surface area contributed by atoms with Crippen LogP contribution >= 0.6 is 0 Å². The predicted molar refractivity (Wildman–Crippen MR) is 99.7 cm³/mol. The highest BCUT2D eigenvalue weighted by molar-refractivity contribution is 5.84. The van der Waals surface area contributed by atoms with Crippen molar-refractivity contribution in [1.82, 2.24) is 14.9 Å². The predicted octanol–water partition coefficient (Wildman–Crippen LogP) is 2.93. The quantitative estimate of drug-likeness (QED) is 0.860. The third-order valence-corrected chi connectivity index (χ3v) is 4.79. The summed E-state index contributed by atoms with van der Waals surface area (Å²) in [5.41, 5.74) is 3.25. The first-order valence-electron chi connectivity index (χ1n) is 8.88. The molecule has 0 bridgehead atoms. The first kappa shape index (κ1) is 17.4. The third-order valence-electron chi connectivity index (χ3n) is 4.79. The molecule has 2 aromatic rings.